The lowest BCUT2D eigenvalue weighted by molar-refractivity contribution is 0.414. The quantitative estimate of drug-likeness (QED) is 0.893. The highest BCUT2D eigenvalue weighted by molar-refractivity contribution is 9.10. The number of hydrogen-bond acceptors (Lipinski definition) is 3. The topological polar surface area (TPSA) is 50.9 Å². The smallest absolute Gasteiger partial charge is 0.0590 e. The van der Waals surface area contributed by atoms with Crippen LogP contribution in [0, 0.1) is 11.8 Å². The molecule has 0 radical (unpaired) electrons. The highest BCUT2D eigenvalue weighted by Gasteiger charge is 2.25. The molecule has 0 aromatic carbocycles. The van der Waals surface area contributed by atoms with Gasteiger partial charge in [0.2, 0.25) is 0 Å². The lowest BCUT2D eigenvalue weighted by Crippen LogP contribution is -2.24. The van der Waals surface area contributed by atoms with Crippen molar-refractivity contribution in [3.63, 3.8) is 0 Å². The Morgan fingerprint density at radius 1 is 1.44 bits per heavy atom. The van der Waals surface area contributed by atoms with E-state index >= 15 is 0 Å². The van der Waals surface area contributed by atoms with E-state index in [1.807, 2.05) is 18.5 Å². The summed E-state index contributed by atoms with van der Waals surface area (Å²) in [5.41, 5.74) is 6.90. The summed E-state index contributed by atoms with van der Waals surface area (Å²) >= 11 is 3.49. The van der Waals surface area contributed by atoms with E-state index in [0.717, 1.165) is 29.2 Å². The molecule has 0 bridgehead atoms. The van der Waals surface area contributed by atoms with Crippen LogP contribution in [0.2, 0.25) is 0 Å². The first-order valence-corrected chi connectivity index (χ1v) is 6.64. The lowest BCUT2D eigenvalue weighted by atomic mass is 9.96. The Morgan fingerprint density at radius 2 is 2.25 bits per heavy atom. The largest absolute Gasteiger partial charge is 0.384 e. The van der Waals surface area contributed by atoms with E-state index in [4.69, 9.17) is 5.73 Å². The van der Waals surface area contributed by atoms with E-state index in [2.05, 4.69) is 26.2 Å². The number of halogens is 1. The maximum Gasteiger partial charge on any atom is 0.0590 e. The van der Waals surface area contributed by atoms with Gasteiger partial charge in [-0.25, -0.2) is 0 Å². The highest BCUT2D eigenvalue weighted by atomic mass is 79.9. The molecule has 88 valence electrons. The van der Waals surface area contributed by atoms with Crippen LogP contribution in [0.1, 0.15) is 19.3 Å². The number of nitrogens with two attached hydrogens (primary N) is 1. The van der Waals surface area contributed by atoms with Crippen LogP contribution in [0.4, 0.5) is 5.69 Å². The maximum absolute atomic E-state index is 5.78. The monoisotopic (exact) mass is 283 g/mol. The molecule has 2 rings (SSSR count). The third-order valence-electron chi connectivity index (χ3n) is 3.45. The van der Waals surface area contributed by atoms with Crippen molar-refractivity contribution in [1.29, 1.82) is 0 Å². The van der Waals surface area contributed by atoms with Gasteiger partial charge in [-0.2, -0.15) is 0 Å². The first kappa shape index (κ1) is 11.9. The Kier molecular flexibility index (Phi) is 4.18. The molecule has 16 heavy (non-hydrogen) atoms. The molecule has 3 nitrogen and oxygen atoms in total. The van der Waals surface area contributed by atoms with E-state index in [9.17, 15) is 0 Å². The number of hydrogen-bond donors (Lipinski definition) is 2. The zero-order chi connectivity index (χ0) is 11.4. The molecule has 3 N–H and O–H groups in total. The van der Waals surface area contributed by atoms with Crippen LogP contribution in [-0.2, 0) is 0 Å². The van der Waals surface area contributed by atoms with Gasteiger partial charge >= 0.3 is 0 Å². The Labute approximate surface area is 105 Å². The number of pyridine rings is 1. The van der Waals surface area contributed by atoms with Crippen molar-refractivity contribution in [1.82, 2.24) is 4.98 Å². The fraction of sp³-hybridized carbons (Fsp3) is 0.583. The van der Waals surface area contributed by atoms with Crippen molar-refractivity contribution in [3.05, 3.63) is 22.9 Å². The Balaban J connectivity index is 1.90. The average Bonchev–Trinajstić information content (AvgIpc) is 2.75. The summed E-state index contributed by atoms with van der Waals surface area (Å²) in [4.78, 5) is 4.05. The summed E-state index contributed by atoms with van der Waals surface area (Å²) in [6.45, 7) is 1.84. The van der Waals surface area contributed by atoms with Gasteiger partial charge in [-0.3, -0.25) is 4.98 Å². The molecule has 0 saturated heterocycles. The van der Waals surface area contributed by atoms with Crippen molar-refractivity contribution in [3.8, 4) is 0 Å². The second-order valence-electron chi connectivity index (χ2n) is 4.42. The third-order valence-corrected chi connectivity index (χ3v) is 4.08. The molecule has 1 aromatic heterocycles. The summed E-state index contributed by atoms with van der Waals surface area (Å²) in [5.74, 6) is 1.43. The number of nitrogens with one attached hydrogen (secondary N) is 1. The van der Waals surface area contributed by atoms with Gasteiger partial charge in [0.25, 0.3) is 0 Å². The minimum atomic E-state index is 0.702. The molecule has 1 saturated carbocycles. The van der Waals surface area contributed by atoms with Crippen LogP contribution in [0.5, 0.6) is 0 Å². The molecule has 1 aromatic rings. The van der Waals surface area contributed by atoms with Gasteiger partial charge in [0.1, 0.15) is 0 Å². The first-order chi connectivity index (χ1) is 7.81. The zero-order valence-corrected chi connectivity index (χ0v) is 10.9. The number of nitrogens with zero attached hydrogens (tertiary/aromatic N) is 1. The molecule has 0 aliphatic heterocycles. The van der Waals surface area contributed by atoms with Gasteiger partial charge in [-0.1, -0.05) is 6.42 Å². The molecule has 1 aliphatic carbocycles. The van der Waals surface area contributed by atoms with Crippen molar-refractivity contribution in [2.75, 3.05) is 18.4 Å². The summed E-state index contributed by atoms with van der Waals surface area (Å²) in [7, 11) is 0. The molecule has 1 fully saturated rings. The van der Waals surface area contributed by atoms with Gasteiger partial charge in [0.05, 0.1) is 10.2 Å². The van der Waals surface area contributed by atoms with E-state index in [-0.39, 0.29) is 0 Å². The molecule has 1 aliphatic rings. The zero-order valence-electron chi connectivity index (χ0n) is 9.32. The van der Waals surface area contributed by atoms with Gasteiger partial charge in [0.15, 0.2) is 0 Å². The SMILES string of the molecule is NCC1CCCC1CNc1ccncc1Br. The van der Waals surface area contributed by atoms with E-state index in [0.29, 0.717) is 5.92 Å². The molecule has 2 unspecified atom stereocenters. The molecule has 1 heterocycles. The second kappa shape index (κ2) is 5.64. The summed E-state index contributed by atoms with van der Waals surface area (Å²) in [6.07, 6.45) is 7.54. The molecular weight excluding hydrogens is 266 g/mol. The maximum atomic E-state index is 5.78. The first-order valence-electron chi connectivity index (χ1n) is 5.84. The van der Waals surface area contributed by atoms with Crippen LogP contribution in [-0.4, -0.2) is 18.1 Å². The average molecular weight is 284 g/mol. The standard InChI is InChI=1S/C12H18BrN3/c13-11-8-15-5-4-12(11)16-7-10-3-1-2-9(10)6-14/h4-5,8-10H,1-3,6-7,14H2,(H,15,16). The third kappa shape index (κ3) is 2.74. The van der Waals surface area contributed by atoms with Gasteiger partial charge in [0, 0.05) is 18.9 Å². The van der Waals surface area contributed by atoms with Crippen LogP contribution in [0.25, 0.3) is 0 Å². The molecule has 4 heteroatoms. The van der Waals surface area contributed by atoms with Crippen LogP contribution < -0.4 is 11.1 Å². The summed E-state index contributed by atoms with van der Waals surface area (Å²) in [6, 6.07) is 2.00. The lowest BCUT2D eigenvalue weighted by Gasteiger charge is -2.19. The van der Waals surface area contributed by atoms with E-state index < -0.39 is 0 Å². The van der Waals surface area contributed by atoms with E-state index in [1.54, 1.807) is 0 Å². The van der Waals surface area contributed by atoms with Crippen LogP contribution >= 0.6 is 15.9 Å². The predicted molar refractivity (Wildman–Crippen MR) is 70.3 cm³/mol. The second-order valence-corrected chi connectivity index (χ2v) is 5.28. The van der Waals surface area contributed by atoms with Crippen molar-refractivity contribution in [2.45, 2.75) is 19.3 Å². The molecular formula is C12H18BrN3. The Hall–Kier alpha value is -0.610. The summed E-state index contributed by atoms with van der Waals surface area (Å²) < 4.78 is 1.03. The minimum absolute atomic E-state index is 0.702. The Bertz CT molecular complexity index is 343. The van der Waals surface area contributed by atoms with E-state index in [1.165, 1.54) is 19.3 Å². The highest BCUT2D eigenvalue weighted by Crippen LogP contribution is 2.31. The number of anilines is 1. The fourth-order valence-corrected chi connectivity index (χ4v) is 2.84. The fourth-order valence-electron chi connectivity index (χ4n) is 2.45. The number of rotatable bonds is 4. The molecule has 0 amide bonds. The van der Waals surface area contributed by atoms with Gasteiger partial charge < -0.3 is 11.1 Å². The van der Waals surface area contributed by atoms with Gasteiger partial charge in [-0.15, -0.1) is 0 Å². The number of aromatic nitrogens is 1. The van der Waals surface area contributed by atoms with Crippen LogP contribution in [0.3, 0.4) is 0 Å². The van der Waals surface area contributed by atoms with Gasteiger partial charge in [-0.05, 0) is 53.2 Å². The molecule has 0 spiro atoms. The Morgan fingerprint density at radius 3 is 3.00 bits per heavy atom. The normalized spacial score (nSPS) is 24.6. The minimum Gasteiger partial charge on any atom is -0.384 e. The van der Waals surface area contributed by atoms with Crippen molar-refractivity contribution < 1.29 is 0 Å². The predicted octanol–water partition coefficient (Wildman–Crippen LogP) is 2.63. The van der Waals surface area contributed by atoms with Crippen LogP contribution in [0.15, 0.2) is 22.9 Å². The summed E-state index contributed by atoms with van der Waals surface area (Å²) in [5, 5.41) is 3.48. The van der Waals surface area contributed by atoms with Crippen molar-refractivity contribution >= 4 is 21.6 Å². The molecule has 2 atom stereocenters. The van der Waals surface area contributed by atoms with Crippen molar-refractivity contribution in [2.24, 2.45) is 17.6 Å².